The van der Waals surface area contributed by atoms with Gasteiger partial charge >= 0.3 is 0 Å². The van der Waals surface area contributed by atoms with Gasteiger partial charge in [-0.3, -0.25) is 0 Å². The van der Waals surface area contributed by atoms with Crippen molar-refractivity contribution in [3.8, 4) is 0 Å². The van der Waals surface area contributed by atoms with Crippen molar-refractivity contribution in [2.45, 2.75) is 64.9 Å². The van der Waals surface area contributed by atoms with E-state index in [2.05, 4.69) is 6.92 Å². The summed E-state index contributed by atoms with van der Waals surface area (Å²) in [6.45, 7) is 4.46. The molecule has 2 unspecified atom stereocenters. The second-order valence-electron chi connectivity index (χ2n) is 4.46. The Labute approximate surface area is 88.3 Å². The van der Waals surface area contributed by atoms with Crippen LogP contribution >= 0.6 is 0 Å². The van der Waals surface area contributed by atoms with Gasteiger partial charge in [-0.2, -0.15) is 0 Å². The lowest BCUT2D eigenvalue weighted by Crippen LogP contribution is -2.01. The Hall–Kier alpha value is -0.0800. The zero-order valence-corrected chi connectivity index (χ0v) is 9.71. The SMILES string of the molecule is CC(O)CCCC(C)CCCCCO. The first-order valence-electron chi connectivity index (χ1n) is 5.95. The Morgan fingerprint density at radius 1 is 0.857 bits per heavy atom. The van der Waals surface area contributed by atoms with Gasteiger partial charge in [0.05, 0.1) is 6.10 Å². The van der Waals surface area contributed by atoms with Crippen LogP contribution in [0.3, 0.4) is 0 Å². The molecule has 14 heavy (non-hydrogen) atoms. The molecule has 0 saturated heterocycles. The Morgan fingerprint density at radius 3 is 2.07 bits per heavy atom. The number of hydrogen-bond acceptors (Lipinski definition) is 2. The molecule has 0 aromatic rings. The van der Waals surface area contributed by atoms with E-state index in [4.69, 9.17) is 10.2 Å². The lowest BCUT2D eigenvalue weighted by Gasteiger charge is -2.11. The molecule has 0 radical (unpaired) electrons. The molecule has 86 valence electrons. The Bertz CT molecular complexity index is 113. The molecule has 0 aliphatic rings. The number of aliphatic hydroxyl groups excluding tert-OH is 2. The van der Waals surface area contributed by atoms with Crippen LogP contribution in [0.4, 0.5) is 0 Å². The summed E-state index contributed by atoms with van der Waals surface area (Å²) in [5, 5.41) is 17.7. The number of unbranched alkanes of at least 4 members (excludes halogenated alkanes) is 2. The fraction of sp³-hybridized carbons (Fsp3) is 1.00. The van der Waals surface area contributed by atoms with Gasteiger partial charge in [-0.05, 0) is 25.7 Å². The predicted octanol–water partition coefficient (Wildman–Crippen LogP) is 2.73. The van der Waals surface area contributed by atoms with E-state index >= 15 is 0 Å². The molecule has 0 aliphatic carbocycles. The van der Waals surface area contributed by atoms with Crippen molar-refractivity contribution >= 4 is 0 Å². The van der Waals surface area contributed by atoms with Crippen LogP contribution in [0.2, 0.25) is 0 Å². The second kappa shape index (κ2) is 9.47. The highest BCUT2D eigenvalue weighted by atomic mass is 16.3. The summed E-state index contributed by atoms with van der Waals surface area (Å²) in [6, 6.07) is 0. The minimum atomic E-state index is -0.142. The molecule has 0 aromatic carbocycles. The van der Waals surface area contributed by atoms with Crippen LogP contribution < -0.4 is 0 Å². The molecule has 0 fully saturated rings. The van der Waals surface area contributed by atoms with Crippen LogP contribution in [0.25, 0.3) is 0 Å². The van der Waals surface area contributed by atoms with Crippen LogP contribution in [0.1, 0.15) is 58.8 Å². The fourth-order valence-corrected chi connectivity index (χ4v) is 1.69. The van der Waals surface area contributed by atoms with Crippen molar-refractivity contribution in [2.24, 2.45) is 5.92 Å². The van der Waals surface area contributed by atoms with Crippen molar-refractivity contribution in [2.75, 3.05) is 6.61 Å². The summed E-state index contributed by atoms with van der Waals surface area (Å²) < 4.78 is 0. The summed E-state index contributed by atoms with van der Waals surface area (Å²) in [5.74, 6) is 0.771. The minimum Gasteiger partial charge on any atom is -0.396 e. The number of aliphatic hydroxyl groups is 2. The highest BCUT2D eigenvalue weighted by Crippen LogP contribution is 2.16. The molecule has 2 atom stereocenters. The highest BCUT2D eigenvalue weighted by molar-refractivity contribution is 4.56. The van der Waals surface area contributed by atoms with E-state index < -0.39 is 0 Å². The summed E-state index contributed by atoms with van der Waals surface area (Å²) in [4.78, 5) is 0. The predicted molar refractivity (Wildman–Crippen MR) is 60.2 cm³/mol. The molecule has 2 heteroatoms. The normalized spacial score (nSPS) is 15.4. The maximum Gasteiger partial charge on any atom is 0.0512 e. The third kappa shape index (κ3) is 10.0. The maximum absolute atomic E-state index is 9.08. The van der Waals surface area contributed by atoms with E-state index in [0.29, 0.717) is 6.61 Å². The lowest BCUT2D eigenvalue weighted by atomic mass is 9.97. The molecular weight excluding hydrogens is 176 g/mol. The summed E-state index contributed by atoms with van der Waals surface area (Å²) in [5.41, 5.74) is 0. The van der Waals surface area contributed by atoms with Gasteiger partial charge in [-0.15, -0.1) is 0 Å². The molecule has 0 spiro atoms. The Kier molecular flexibility index (Phi) is 9.42. The van der Waals surface area contributed by atoms with Gasteiger partial charge < -0.3 is 10.2 Å². The molecule has 0 heterocycles. The summed E-state index contributed by atoms with van der Waals surface area (Å²) in [7, 11) is 0. The first-order valence-corrected chi connectivity index (χ1v) is 5.95. The van der Waals surface area contributed by atoms with Crippen molar-refractivity contribution < 1.29 is 10.2 Å². The van der Waals surface area contributed by atoms with E-state index in [1.807, 2.05) is 6.92 Å². The van der Waals surface area contributed by atoms with E-state index in [1.165, 1.54) is 19.3 Å². The summed E-state index contributed by atoms with van der Waals surface area (Å²) >= 11 is 0. The molecule has 0 amide bonds. The highest BCUT2D eigenvalue weighted by Gasteiger charge is 2.03. The first-order chi connectivity index (χ1) is 6.66. The van der Waals surface area contributed by atoms with Crippen LogP contribution in [0, 0.1) is 5.92 Å². The first kappa shape index (κ1) is 13.9. The van der Waals surface area contributed by atoms with Crippen molar-refractivity contribution in [3.05, 3.63) is 0 Å². The van der Waals surface area contributed by atoms with Gasteiger partial charge in [0.1, 0.15) is 0 Å². The second-order valence-corrected chi connectivity index (χ2v) is 4.46. The van der Waals surface area contributed by atoms with Crippen molar-refractivity contribution in [1.82, 2.24) is 0 Å². The topological polar surface area (TPSA) is 40.5 Å². The van der Waals surface area contributed by atoms with Gasteiger partial charge in [-0.1, -0.05) is 39.0 Å². The quantitative estimate of drug-likeness (QED) is 0.564. The summed E-state index contributed by atoms with van der Waals surface area (Å²) in [6.07, 6.45) is 7.74. The Balaban J connectivity index is 3.15. The van der Waals surface area contributed by atoms with E-state index in [-0.39, 0.29) is 6.10 Å². The molecule has 0 saturated carbocycles. The Morgan fingerprint density at radius 2 is 1.50 bits per heavy atom. The monoisotopic (exact) mass is 202 g/mol. The van der Waals surface area contributed by atoms with Crippen molar-refractivity contribution in [3.63, 3.8) is 0 Å². The lowest BCUT2D eigenvalue weighted by molar-refractivity contribution is 0.178. The van der Waals surface area contributed by atoms with E-state index in [0.717, 1.165) is 31.6 Å². The largest absolute Gasteiger partial charge is 0.396 e. The maximum atomic E-state index is 9.08. The fourth-order valence-electron chi connectivity index (χ4n) is 1.69. The molecule has 0 aromatic heterocycles. The average Bonchev–Trinajstić information content (AvgIpc) is 2.12. The zero-order chi connectivity index (χ0) is 10.8. The van der Waals surface area contributed by atoms with E-state index in [1.54, 1.807) is 0 Å². The number of hydrogen-bond donors (Lipinski definition) is 2. The molecule has 0 rings (SSSR count). The molecule has 0 bridgehead atoms. The smallest absolute Gasteiger partial charge is 0.0512 e. The third-order valence-corrected chi connectivity index (χ3v) is 2.67. The van der Waals surface area contributed by atoms with Gasteiger partial charge in [0.15, 0.2) is 0 Å². The standard InChI is InChI=1S/C12H26O2/c1-11(7-4-3-5-10-13)8-6-9-12(2)14/h11-14H,3-10H2,1-2H3. The van der Waals surface area contributed by atoms with Crippen LogP contribution in [-0.4, -0.2) is 22.9 Å². The van der Waals surface area contributed by atoms with E-state index in [9.17, 15) is 0 Å². The van der Waals surface area contributed by atoms with Crippen LogP contribution in [0.5, 0.6) is 0 Å². The van der Waals surface area contributed by atoms with Crippen molar-refractivity contribution in [1.29, 1.82) is 0 Å². The minimum absolute atomic E-state index is 0.142. The molecular formula is C12H26O2. The number of rotatable bonds is 9. The third-order valence-electron chi connectivity index (χ3n) is 2.67. The average molecular weight is 202 g/mol. The van der Waals surface area contributed by atoms with Crippen LogP contribution in [0.15, 0.2) is 0 Å². The zero-order valence-electron chi connectivity index (χ0n) is 9.71. The van der Waals surface area contributed by atoms with Gasteiger partial charge in [0.25, 0.3) is 0 Å². The van der Waals surface area contributed by atoms with Gasteiger partial charge in [0, 0.05) is 6.61 Å². The molecule has 2 nitrogen and oxygen atoms in total. The van der Waals surface area contributed by atoms with Gasteiger partial charge in [-0.25, -0.2) is 0 Å². The molecule has 2 N–H and O–H groups in total. The molecule has 0 aliphatic heterocycles. The van der Waals surface area contributed by atoms with Gasteiger partial charge in [0.2, 0.25) is 0 Å². The van der Waals surface area contributed by atoms with Crippen LogP contribution in [-0.2, 0) is 0 Å².